The first kappa shape index (κ1) is 19.9. The summed E-state index contributed by atoms with van der Waals surface area (Å²) in [6.45, 7) is 2.50. The molecule has 0 bridgehead atoms. The third kappa shape index (κ3) is 3.86. The Hall–Kier alpha value is -3.38. The molecule has 1 aliphatic heterocycles. The van der Waals surface area contributed by atoms with Crippen LogP contribution in [0.25, 0.3) is 5.69 Å². The maximum atomic E-state index is 12.5. The Kier molecular flexibility index (Phi) is 5.42. The highest BCUT2D eigenvalue weighted by Gasteiger charge is 2.29. The summed E-state index contributed by atoms with van der Waals surface area (Å²) in [5, 5.41) is 0.648. The van der Waals surface area contributed by atoms with Gasteiger partial charge in [-0.05, 0) is 30.7 Å². The number of fused-ring (bicyclic) bond motifs is 1. The molecule has 7 heteroatoms. The summed E-state index contributed by atoms with van der Waals surface area (Å²) in [4.78, 5) is 24.2. The van der Waals surface area contributed by atoms with Crippen molar-refractivity contribution in [2.45, 2.75) is 20.0 Å². The Labute approximate surface area is 178 Å². The number of ketones is 1. The number of hydrogen-bond donors (Lipinski definition) is 1. The average Bonchev–Trinajstić information content (AvgIpc) is 2.75. The fraction of sp³-hybridized carbons (Fsp3) is 0.174. The number of hydrogen-bond acceptors (Lipinski definition) is 4. The molecular formula is C23H20ClN2O4+. The third-order valence-electron chi connectivity index (χ3n) is 4.98. The van der Waals surface area contributed by atoms with E-state index in [1.54, 1.807) is 47.3 Å². The minimum Gasteiger partial charge on any atom is -0.492 e. The Morgan fingerprint density at radius 2 is 2.03 bits per heavy atom. The van der Waals surface area contributed by atoms with Crippen LogP contribution in [0.2, 0.25) is 5.02 Å². The molecule has 3 aromatic rings. The van der Waals surface area contributed by atoms with Gasteiger partial charge in [-0.2, -0.15) is 4.57 Å². The summed E-state index contributed by atoms with van der Waals surface area (Å²) in [5.74, 6) is 0.566. The number of rotatable bonds is 5. The zero-order valence-corrected chi connectivity index (χ0v) is 17.1. The van der Waals surface area contributed by atoms with E-state index in [0.29, 0.717) is 53.0 Å². The first-order valence-corrected chi connectivity index (χ1v) is 9.84. The lowest BCUT2D eigenvalue weighted by Crippen LogP contribution is -2.33. The van der Waals surface area contributed by atoms with E-state index in [-0.39, 0.29) is 5.78 Å². The van der Waals surface area contributed by atoms with Crippen LogP contribution in [0.3, 0.4) is 0 Å². The molecule has 1 amide bonds. The van der Waals surface area contributed by atoms with E-state index in [4.69, 9.17) is 26.8 Å². The summed E-state index contributed by atoms with van der Waals surface area (Å²) in [5.41, 5.74) is 8.58. The zero-order valence-electron chi connectivity index (χ0n) is 16.4. The molecule has 0 aliphatic carbocycles. The summed E-state index contributed by atoms with van der Waals surface area (Å²) in [6.07, 6.45) is 3.71. The molecule has 0 atom stereocenters. The van der Waals surface area contributed by atoms with Gasteiger partial charge in [0.1, 0.15) is 17.9 Å². The summed E-state index contributed by atoms with van der Waals surface area (Å²) >= 11 is 5.96. The molecule has 2 heterocycles. The fourth-order valence-corrected chi connectivity index (χ4v) is 3.55. The molecule has 4 rings (SSSR count). The molecular weight excluding hydrogens is 404 g/mol. The lowest BCUT2D eigenvalue weighted by molar-refractivity contribution is -0.596. The molecule has 0 saturated heterocycles. The number of halogens is 1. The highest BCUT2D eigenvalue weighted by atomic mass is 35.5. The number of primary amides is 1. The number of aromatic nitrogens is 1. The van der Waals surface area contributed by atoms with Crippen LogP contribution in [0.5, 0.6) is 11.5 Å². The first-order chi connectivity index (χ1) is 14.4. The van der Waals surface area contributed by atoms with Gasteiger partial charge in [-0.1, -0.05) is 23.7 Å². The lowest BCUT2D eigenvalue weighted by Gasteiger charge is -2.21. The topological polar surface area (TPSA) is 82.5 Å². The van der Waals surface area contributed by atoms with Gasteiger partial charge in [0, 0.05) is 29.1 Å². The van der Waals surface area contributed by atoms with Crippen LogP contribution >= 0.6 is 11.6 Å². The highest BCUT2D eigenvalue weighted by Crippen LogP contribution is 2.38. The van der Waals surface area contributed by atoms with Crippen molar-refractivity contribution in [2.24, 2.45) is 5.73 Å². The monoisotopic (exact) mass is 423 g/mol. The summed E-state index contributed by atoms with van der Waals surface area (Å²) in [7, 11) is 0. The van der Waals surface area contributed by atoms with E-state index >= 15 is 0 Å². The summed E-state index contributed by atoms with van der Waals surface area (Å²) < 4.78 is 13.7. The fourth-order valence-electron chi connectivity index (χ4n) is 3.42. The number of carbonyl (C=O) groups excluding carboxylic acids is 2. The summed E-state index contributed by atoms with van der Waals surface area (Å²) in [6, 6.07) is 12.5. The van der Waals surface area contributed by atoms with Crippen molar-refractivity contribution < 1.29 is 23.6 Å². The van der Waals surface area contributed by atoms with Crippen LogP contribution in [-0.4, -0.2) is 18.3 Å². The predicted molar refractivity (Wildman–Crippen MR) is 111 cm³/mol. The van der Waals surface area contributed by atoms with Crippen LogP contribution in [0.15, 0.2) is 54.9 Å². The van der Waals surface area contributed by atoms with Crippen molar-refractivity contribution >= 4 is 23.3 Å². The van der Waals surface area contributed by atoms with Crippen LogP contribution < -0.4 is 19.8 Å². The van der Waals surface area contributed by atoms with Gasteiger partial charge < -0.3 is 15.2 Å². The van der Waals surface area contributed by atoms with E-state index in [1.807, 2.05) is 19.1 Å². The second kappa shape index (κ2) is 8.16. The van der Waals surface area contributed by atoms with E-state index in [9.17, 15) is 9.59 Å². The number of pyridine rings is 1. The van der Waals surface area contributed by atoms with Crippen LogP contribution in [-0.2, 0) is 6.61 Å². The Bertz CT molecular complexity index is 1140. The molecule has 152 valence electrons. The Morgan fingerprint density at radius 1 is 1.27 bits per heavy atom. The standard InChI is InChI=1S/C23H19ClN2O4/c1-14-21-18(20(27)8-10-29-21)11-19(26-9-2-3-16(12-26)23(25)28)22(14)30-13-15-4-6-17(24)7-5-15/h2-7,9,11-12H,8,10,13H2,1H3,(H-,25,28)/p+1. The van der Waals surface area contributed by atoms with Crippen molar-refractivity contribution in [3.05, 3.63) is 82.1 Å². The molecule has 1 aliphatic rings. The maximum Gasteiger partial charge on any atom is 0.254 e. The average molecular weight is 424 g/mol. The van der Waals surface area contributed by atoms with E-state index < -0.39 is 5.91 Å². The van der Waals surface area contributed by atoms with Crippen molar-refractivity contribution in [3.8, 4) is 17.2 Å². The normalized spacial score (nSPS) is 12.8. The number of Topliss-reactive ketones (excluding diaryl/α,β-unsaturated/α-hetero) is 1. The van der Waals surface area contributed by atoms with Gasteiger partial charge >= 0.3 is 0 Å². The second-order valence-corrected chi connectivity index (χ2v) is 7.46. The molecule has 1 aromatic heterocycles. The van der Waals surface area contributed by atoms with E-state index in [1.165, 1.54) is 0 Å². The van der Waals surface area contributed by atoms with Gasteiger partial charge in [-0.3, -0.25) is 9.59 Å². The smallest absolute Gasteiger partial charge is 0.254 e. The van der Waals surface area contributed by atoms with Crippen molar-refractivity contribution in [2.75, 3.05) is 6.61 Å². The van der Waals surface area contributed by atoms with Gasteiger partial charge in [0.15, 0.2) is 23.9 Å². The molecule has 6 nitrogen and oxygen atoms in total. The molecule has 2 aromatic carbocycles. The number of ether oxygens (including phenoxy) is 2. The molecule has 2 N–H and O–H groups in total. The van der Waals surface area contributed by atoms with Crippen LogP contribution in [0, 0.1) is 6.92 Å². The zero-order chi connectivity index (χ0) is 21.3. The highest BCUT2D eigenvalue weighted by molar-refractivity contribution is 6.30. The van der Waals surface area contributed by atoms with Gasteiger partial charge in [-0.25, -0.2) is 0 Å². The van der Waals surface area contributed by atoms with Crippen molar-refractivity contribution in [3.63, 3.8) is 0 Å². The third-order valence-corrected chi connectivity index (χ3v) is 5.23. The number of amides is 1. The maximum absolute atomic E-state index is 12.5. The van der Waals surface area contributed by atoms with Gasteiger partial charge in [-0.15, -0.1) is 0 Å². The van der Waals surface area contributed by atoms with E-state index in [0.717, 1.165) is 11.1 Å². The molecule has 0 saturated carbocycles. The second-order valence-electron chi connectivity index (χ2n) is 7.03. The quantitative estimate of drug-likeness (QED) is 0.636. The van der Waals surface area contributed by atoms with Crippen LogP contribution in [0.4, 0.5) is 0 Å². The molecule has 0 radical (unpaired) electrons. The minimum atomic E-state index is -0.540. The Balaban J connectivity index is 1.82. The molecule has 0 fully saturated rings. The largest absolute Gasteiger partial charge is 0.492 e. The minimum absolute atomic E-state index is 0.0107. The lowest BCUT2D eigenvalue weighted by atomic mass is 9.99. The predicted octanol–water partition coefficient (Wildman–Crippen LogP) is 3.57. The SMILES string of the molecule is Cc1c2c(cc(-[n+]3cccc(C(N)=O)c3)c1OCc1ccc(Cl)cc1)C(=O)CCO2. The van der Waals surface area contributed by atoms with E-state index in [2.05, 4.69) is 0 Å². The molecule has 0 unspecified atom stereocenters. The van der Waals surface area contributed by atoms with Gasteiger partial charge in [0.2, 0.25) is 0 Å². The number of carbonyl (C=O) groups is 2. The first-order valence-electron chi connectivity index (χ1n) is 9.46. The van der Waals surface area contributed by atoms with Crippen molar-refractivity contribution in [1.82, 2.24) is 0 Å². The van der Waals surface area contributed by atoms with Gasteiger partial charge in [0.05, 0.1) is 12.2 Å². The number of nitrogens with two attached hydrogens (primary N) is 1. The number of nitrogens with zero attached hydrogens (tertiary/aromatic N) is 1. The molecule has 0 spiro atoms. The Morgan fingerprint density at radius 3 is 2.77 bits per heavy atom. The van der Waals surface area contributed by atoms with Crippen molar-refractivity contribution in [1.29, 1.82) is 0 Å². The molecule has 30 heavy (non-hydrogen) atoms. The van der Waals surface area contributed by atoms with Crippen LogP contribution in [0.1, 0.15) is 38.3 Å². The number of benzene rings is 2. The van der Waals surface area contributed by atoms with Gasteiger partial charge in [0.25, 0.3) is 11.6 Å².